The fraction of sp³-hybridized carbons (Fsp3) is 0.227. The Labute approximate surface area is 183 Å². The molecule has 0 saturated carbocycles. The fourth-order valence-corrected chi connectivity index (χ4v) is 4.10. The second-order valence-corrected chi connectivity index (χ2v) is 7.84. The highest BCUT2D eigenvalue weighted by atomic mass is 35.5. The Bertz CT molecular complexity index is 1240. The summed E-state index contributed by atoms with van der Waals surface area (Å²) in [6.45, 7) is 2.56. The van der Waals surface area contributed by atoms with Crippen LogP contribution in [0.1, 0.15) is 40.7 Å². The van der Waals surface area contributed by atoms with Gasteiger partial charge in [0.05, 0.1) is 28.7 Å². The van der Waals surface area contributed by atoms with Crippen LogP contribution in [0.25, 0.3) is 17.1 Å². The van der Waals surface area contributed by atoms with E-state index < -0.39 is 0 Å². The molecule has 0 radical (unpaired) electrons. The summed E-state index contributed by atoms with van der Waals surface area (Å²) in [5.74, 6) is 0.708. The molecule has 31 heavy (non-hydrogen) atoms. The molecular formula is C22H19ClN6O2. The van der Waals surface area contributed by atoms with Crippen molar-refractivity contribution >= 4 is 17.5 Å². The average Bonchev–Trinajstić information content (AvgIpc) is 3.54. The third kappa shape index (κ3) is 3.59. The number of rotatable bonds is 4. The van der Waals surface area contributed by atoms with Gasteiger partial charge in [-0.1, -0.05) is 40.5 Å². The van der Waals surface area contributed by atoms with Gasteiger partial charge >= 0.3 is 0 Å². The van der Waals surface area contributed by atoms with Gasteiger partial charge in [-0.3, -0.25) is 4.79 Å². The van der Waals surface area contributed by atoms with Gasteiger partial charge < -0.3 is 9.42 Å². The number of hydrogen-bond donors (Lipinski definition) is 0. The van der Waals surface area contributed by atoms with Crippen LogP contribution in [0.5, 0.6) is 0 Å². The summed E-state index contributed by atoms with van der Waals surface area (Å²) in [5, 5.41) is 13.0. The first kappa shape index (κ1) is 19.4. The van der Waals surface area contributed by atoms with Crippen molar-refractivity contribution in [1.82, 2.24) is 30.0 Å². The van der Waals surface area contributed by atoms with Crippen molar-refractivity contribution in [2.45, 2.75) is 25.8 Å². The maximum absolute atomic E-state index is 13.6. The number of carbonyl (C=O) groups is 1. The van der Waals surface area contributed by atoms with Crippen LogP contribution in [-0.4, -0.2) is 42.5 Å². The van der Waals surface area contributed by atoms with Crippen molar-refractivity contribution in [3.05, 3.63) is 76.9 Å². The van der Waals surface area contributed by atoms with Crippen molar-refractivity contribution < 1.29 is 9.32 Å². The predicted octanol–water partition coefficient (Wildman–Crippen LogP) is 4.26. The van der Waals surface area contributed by atoms with E-state index in [1.807, 2.05) is 43.3 Å². The summed E-state index contributed by atoms with van der Waals surface area (Å²) in [6.07, 6.45) is 4.77. The largest absolute Gasteiger partial charge is 0.337 e. The molecule has 5 rings (SSSR count). The van der Waals surface area contributed by atoms with E-state index in [9.17, 15) is 4.79 Å². The number of aromatic nitrogens is 5. The van der Waals surface area contributed by atoms with Crippen LogP contribution in [0.15, 0.2) is 59.4 Å². The molecule has 2 aromatic heterocycles. The number of aryl methyl sites for hydroxylation is 1. The van der Waals surface area contributed by atoms with Crippen LogP contribution < -0.4 is 0 Å². The molecule has 1 unspecified atom stereocenters. The zero-order chi connectivity index (χ0) is 21.4. The molecule has 156 valence electrons. The highest BCUT2D eigenvalue weighted by Gasteiger charge is 2.36. The summed E-state index contributed by atoms with van der Waals surface area (Å²) in [7, 11) is 0. The molecule has 0 bridgehead atoms. The van der Waals surface area contributed by atoms with Crippen molar-refractivity contribution in [2.24, 2.45) is 0 Å². The molecule has 3 heterocycles. The van der Waals surface area contributed by atoms with Crippen molar-refractivity contribution in [2.75, 3.05) is 6.54 Å². The Morgan fingerprint density at radius 1 is 1.16 bits per heavy atom. The summed E-state index contributed by atoms with van der Waals surface area (Å²) in [5.41, 5.74) is 2.84. The van der Waals surface area contributed by atoms with Gasteiger partial charge in [-0.2, -0.15) is 20.0 Å². The maximum Gasteiger partial charge on any atom is 0.256 e. The lowest BCUT2D eigenvalue weighted by molar-refractivity contribution is 0.0709. The molecule has 1 aliphatic rings. The van der Waals surface area contributed by atoms with Crippen LogP contribution >= 0.6 is 11.6 Å². The zero-order valence-corrected chi connectivity index (χ0v) is 17.5. The topological polar surface area (TPSA) is 89.9 Å². The van der Waals surface area contributed by atoms with Crippen LogP contribution in [0, 0.1) is 6.92 Å². The molecule has 4 aromatic rings. The van der Waals surface area contributed by atoms with Crippen LogP contribution in [0.2, 0.25) is 5.02 Å². The number of amides is 1. The van der Waals surface area contributed by atoms with Crippen LogP contribution in [0.4, 0.5) is 0 Å². The third-order valence-corrected chi connectivity index (χ3v) is 5.70. The lowest BCUT2D eigenvalue weighted by Gasteiger charge is -2.23. The monoisotopic (exact) mass is 434 g/mol. The third-order valence-electron chi connectivity index (χ3n) is 5.37. The quantitative estimate of drug-likeness (QED) is 0.476. The minimum absolute atomic E-state index is 0.115. The molecule has 2 aromatic carbocycles. The minimum Gasteiger partial charge on any atom is -0.337 e. The number of halogens is 1. The number of benzene rings is 2. The van der Waals surface area contributed by atoms with E-state index in [2.05, 4.69) is 20.3 Å². The van der Waals surface area contributed by atoms with Gasteiger partial charge in [-0.05, 0) is 44.0 Å². The Balaban J connectivity index is 1.48. The molecule has 1 amide bonds. The predicted molar refractivity (Wildman–Crippen MR) is 114 cm³/mol. The van der Waals surface area contributed by atoms with Crippen molar-refractivity contribution in [3.8, 4) is 17.1 Å². The first-order valence-electron chi connectivity index (χ1n) is 9.98. The molecule has 1 atom stereocenters. The van der Waals surface area contributed by atoms with Gasteiger partial charge in [-0.15, -0.1) is 0 Å². The SMILES string of the molecule is Cc1ccc(-n2nccn2)c(C(=O)N2CCCC2c2nc(-c3ccccc3Cl)no2)c1. The summed E-state index contributed by atoms with van der Waals surface area (Å²) in [6, 6.07) is 12.7. The second kappa shape index (κ2) is 7.96. The minimum atomic E-state index is -0.296. The van der Waals surface area contributed by atoms with E-state index in [-0.39, 0.29) is 11.9 Å². The number of likely N-dealkylation sites (tertiary alicyclic amines) is 1. The van der Waals surface area contributed by atoms with Gasteiger partial charge in [0.25, 0.3) is 5.91 Å². The Morgan fingerprint density at radius 2 is 1.97 bits per heavy atom. The lowest BCUT2D eigenvalue weighted by atomic mass is 10.1. The van der Waals surface area contributed by atoms with Gasteiger partial charge in [0, 0.05) is 12.1 Å². The highest BCUT2D eigenvalue weighted by molar-refractivity contribution is 6.33. The standard InChI is InChI=1S/C22H19ClN6O2/c1-14-8-9-18(29-24-10-11-25-29)16(13-14)22(30)28-12-4-7-19(28)21-26-20(27-31-21)15-5-2-3-6-17(15)23/h2-3,5-6,8-11,13,19H,4,7,12H2,1H3. The molecule has 1 fully saturated rings. The summed E-state index contributed by atoms with van der Waals surface area (Å²) >= 11 is 6.27. The molecule has 1 saturated heterocycles. The smallest absolute Gasteiger partial charge is 0.256 e. The molecule has 1 aliphatic heterocycles. The summed E-state index contributed by atoms with van der Waals surface area (Å²) < 4.78 is 5.56. The molecule has 0 N–H and O–H groups in total. The lowest BCUT2D eigenvalue weighted by Crippen LogP contribution is -2.31. The van der Waals surface area contributed by atoms with E-state index in [1.165, 1.54) is 4.80 Å². The first-order valence-corrected chi connectivity index (χ1v) is 10.4. The fourth-order valence-electron chi connectivity index (χ4n) is 3.88. The van der Waals surface area contributed by atoms with Crippen molar-refractivity contribution in [1.29, 1.82) is 0 Å². The number of hydrogen-bond acceptors (Lipinski definition) is 6. The number of carbonyl (C=O) groups excluding carboxylic acids is 1. The molecular weight excluding hydrogens is 416 g/mol. The van der Waals surface area contributed by atoms with E-state index >= 15 is 0 Å². The Kier molecular flexibility index (Phi) is 4.99. The first-order chi connectivity index (χ1) is 15.1. The Morgan fingerprint density at radius 3 is 2.77 bits per heavy atom. The molecule has 0 spiro atoms. The van der Waals surface area contributed by atoms with E-state index in [4.69, 9.17) is 16.1 Å². The highest BCUT2D eigenvalue weighted by Crippen LogP contribution is 2.35. The number of nitrogens with zero attached hydrogens (tertiary/aromatic N) is 6. The maximum atomic E-state index is 13.6. The normalized spacial score (nSPS) is 16.1. The molecule has 9 heteroatoms. The van der Waals surface area contributed by atoms with Crippen LogP contribution in [-0.2, 0) is 0 Å². The van der Waals surface area contributed by atoms with Gasteiger partial charge in [0.15, 0.2) is 0 Å². The van der Waals surface area contributed by atoms with Crippen LogP contribution in [0.3, 0.4) is 0 Å². The van der Waals surface area contributed by atoms with Crippen molar-refractivity contribution in [3.63, 3.8) is 0 Å². The van der Waals surface area contributed by atoms with E-state index in [0.29, 0.717) is 40.1 Å². The summed E-state index contributed by atoms with van der Waals surface area (Å²) in [4.78, 5) is 21.4. The second-order valence-electron chi connectivity index (χ2n) is 7.43. The zero-order valence-electron chi connectivity index (χ0n) is 16.8. The van der Waals surface area contributed by atoms with E-state index in [0.717, 1.165) is 18.4 Å². The van der Waals surface area contributed by atoms with Gasteiger partial charge in [-0.25, -0.2) is 0 Å². The van der Waals surface area contributed by atoms with Gasteiger partial charge in [0.2, 0.25) is 11.7 Å². The molecule has 0 aliphatic carbocycles. The molecule has 8 nitrogen and oxygen atoms in total. The van der Waals surface area contributed by atoms with E-state index in [1.54, 1.807) is 23.4 Å². The average molecular weight is 435 g/mol. The van der Waals surface area contributed by atoms with Gasteiger partial charge in [0.1, 0.15) is 6.04 Å². The Hall–Kier alpha value is -3.52.